The van der Waals surface area contributed by atoms with Crippen LogP contribution >= 0.6 is 0 Å². The molecule has 0 bridgehead atoms. The number of carbonyl (C=O) groups is 2. The van der Waals surface area contributed by atoms with Crippen molar-refractivity contribution in [2.75, 3.05) is 25.2 Å². The molecule has 1 aromatic rings. The summed E-state index contributed by atoms with van der Waals surface area (Å²) in [7, 11) is 1.53. The monoisotopic (exact) mass is 235 g/mol. The first kappa shape index (κ1) is 11.6. The standard InChI is InChI=1S/C12H13NO4/c1-17-8-3-4-9-10(7-8)13(5-2-6-14)12(16)11(9)15/h3-4,7,14H,2,5-6H2,1H3. The number of nitrogens with zero attached hydrogens (tertiary/aromatic N) is 1. The number of ketones is 1. The Labute approximate surface area is 98.6 Å². The van der Waals surface area contributed by atoms with Crippen LogP contribution in [0, 0.1) is 0 Å². The third-order valence-corrected chi connectivity index (χ3v) is 2.72. The van der Waals surface area contributed by atoms with E-state index in [1.165, 1.54) is 12.0 Å². The molecule has 0 aromatic heterocycles. The van der Waals surface area contributed by atoms with Gasteiger partial charge in [-0.05, 0) is 18.6 Å². The lowest BCUT2D eigenvalue weighted by Gasteiger charge is -2.16. The summed E-state index contributed by atoms with van der Waals surface area (Å²) < 4.78 is 5.06. The lowest BCUT2D eigenvalue weighted by atomic mass is 10.1. The number of ether oxygens (including phenoxy) is 1. The van der Waals surface area contributed by atoms with E-state index in [1.54, 1.807) is 18.2 Å². The second-order valence-electron chi connectivity index (χ2n) is 3.75. The molecule has 0 spiro atoms. The van der Waals surface area contributed by atoms with Gasteiger partial charge in [0, 0.05) is 19.2 Å². The first-order valence-electron chi connectivity index (χ1n) is 5.34. The maximum atomic E-state index is 11.7. The van der Waals surface area contributed by atoms with E-state index in [4.69, 9.17) is 9.84 Å². The van der Waals surface area contributed by atoms with Gasteiger partial charge in [0.15, 0.2) is 0 Å². The molecular formula is C12H13NO4. The molecule has 1 aliphatic rings. The first-order valence-corrected chi connectivity index (χ1v) is 5.34. The van der Waals surface area contributed by atoms with Crippen LogP contribution in [0.3, 0.4) is 0 Å². The molecule has 1 aliphatic heterocycles. The predicted octanol–water partition coefficient (Wildman–Crippen LogP) is 0.607. The summed E-state index contributed by atoms with van der Waals surface area (Å²) in [4.78, 5) is 24.8. The molecule has 1 aromatic carbocycles. The average Bonchev–Trinajstić information content (AvgIpc) is 2.59. The molecule has 5 nitrogen and oxygen atoms in total. The van der Waals surface area contributed by atoms with Crippen molar-refractivity contribution in [3.8, 4) is 5.75 Å². The van der Waals surface area contributed by atoms with Gasteiger partial charge in [-0.2, -0.15) is 0 Å². The van der Waals surface area contributed by atoms with Gasteiger partial charge in [-0.1, -0.05) is 0 Å². The molecule has 90 valence electrons. The fraction of sp³-hybridized carbons (Fsp3) is 0.333. The number of methoxy groups -OCH3 is 1. The highest BCUT2D eigenvalue weighted by atomic mass is 16.5. The molecule has 17 heavy (non-hydrogen) atoms. The number of rotatable bonds is 4. The molecule has 1 amide bonds. The summed E-state index contributed by atoms with van der Waals surface area (Å²) >= 11 is 0. The topological polar surface area (TPSA) is 66.8 Å². The Bertz CT molecular complexity index is 470. The molecule has 0 saturated carbocycles. The van der Waals surface area contributed by atoms with E-state index in [9.17, 15) is 9.59 Å². The molecule has 0 aliphatic carbocycles. The van der Waals surface area contributed by atoms with Crippen molar-refractivity contribution in [1.29, 1.82) is 0 Å². The Hall–Kier alpha value is -1.88. The van der Waals surface area contributed by atoms with Crippen LogP contribution in [0.1, 0.15) is 16.8 Å². The van der Waals surface area contributed by atoms with Gasteiger partial charge in [0.1, 0.15) is 5.75 Å². The Kier molecular flexibility index (Phi) is 3.10. The van der Waals surface area contributed by atoms with Crippen molar-refractivity contribution in [2.45, 2.75) is 6.42 Å². The van der Waals surface area contributed by atoms with Crippen molar-refractivity contribution >= 4 is 17.4 Å². The number of amides is 1. The molecule has 0 unspecified atom stereocenters. The van der Waals surface area contributed by atoms with Crippen LogP contribution < -0.4 is 9.64 Å². The number of aliphatic hydroxyl groups is 1. The van der Waals surface area contributed by atoms with Gasteiger partial charge >= 0.3 is 0 Å². The highest BCUT2D eigenvalue weighted by molar-refractivity contribution is 6.52. The third-order valence-electron chi connectivity index (χ3n) is 2.72. The van der Waals surface area contributed by atoms with Gasteiger partial charge in [0.05, 0.1) is 18.4 Å². The molecule has 1 heterocycles. The largest absolute Gasteiger partial charge is 0.497 e. The minimum absolute atomic E-state index is 0.0166. The maximum Gasteiger partial charge on any atom is 0.299 e. The summed E-state index contributed by atoms with van der Waals surface area (Å²) in [6.45, 7) is 0.318. The van der Waals surface area contributed by atoms with Gasteiger partial charge in [-0.25, -0.2) is 0 Å². The first-order chi connectivity index (χ1) is 8.19. The quantitative estimate of drug-likeness (QED) is 0.776. The second-order valence-corrected chi connectivity index (χ2v) is 3.75. The molecule has 5 heteroatoms. The SMILES string of the molecule is COc1ccc2c(c1)N(CCCO)C(=O)C2=O. The highest BCUT2D eigenvalue weighted by Gasteiger charge is 2.35. The van der Waals surface area contributed by atoms with E-state index < -0.39 is 11.7 Å². The predicted molar refractivity (Wildman–Crippen MR) is 61.4 cm³/mol. The van der Waals surface area contributed by atoms with Gasteiger partial charge in [-0.3, -0.25) is 9.59 Å². The van der Waals surface area contributed by atoms with Crippen LogP contribution in [-0.2, 0) is 4.79 Å². The van der Waals surface area contributed by atoms with Crippen molar-refractivity contribution in [2.24, 2.45) is 0 Å². The van der Waals surface area contributed by atoms with Crippen molar-refractivity contribution < 1.29 is 19.4 Å². The number of fused-ring (bicyclic) bond motifs is 1. The number of Topliss-reactive ketones (excluding diaryl/α,β-unsaturated/α-hetero) is 1. The molecule has 0 fully saturated rings. The number of hydrogen-bond acceptors (Lipinski definition) is 4. The molecule has 2 rings (SSSR count). The summed E-state index contributed by atoms with van der Waals surface area (Å²) in [5.41, 5.74) is 0.960. The maximum absolute atomic E-state index is 11.7. The average molecular weight is 235 g/mol. The lowest BCUT2D eigenvalue weighted by Crippen LogP contribution is -2.31. The number of hydrogen-bond donors (Lipinski definition) is 1. The van der Waals surface area contributed by atoms with Crippen LogP contribution in [0.4, 0.5) is 5.69 Å². The van der Waals surface area contributed by atoms with Crippen molar-refractivity contribution in [3.63, 3.8) is 0 Å². The molecule has 1 N–H and O–H groups in total. The molecule has 0 saturated heterocycles. The zero-order valence-corrected chi connectivity index (χ0v) is 9.47. The van der Waals surface area contributed by atoms with Gasteiger partial charge in [0.25, 0.3) is 11.7 Å². The van der Waals surface area contributed by atoms with E-state index in [2.05, 4.69) is 0 Å². The second kappa shape index (κ2) is 4.55. The van der Waals surface area contributed by atoms with Gasteiger partial charge in [-0.15, -0.1) is 0 Å². The Morgan fingerprint density at radius 1 is 1.35 bits per heavy atom. The normalized spacial score (nSPS) is 14.1. The zero-order valence-electron chi connectivity index (χ0n) is 9.47. The summed E-state index contributed by atoms with van der Waals surface area (Å²) in [5.74, 6) is -0.442. The van der Waals surface area contributed by atoms with Crippen LogP contribution in [0.5, 0.6) is 5.75 Å². The molecule has 0 atom stereocenters. The van der Waals surface area contributed by atoms with Crippen LogP contribution in [-0.4, -0.2) is 37.1 Å². The van der Waals surface area contributed by atoms with Gasteiger partial charge in [0.2, 0.25) is 0 Å². The molecular weight excluding hydrogens is 222 g/mol. The van der Waals surface area contributed by atoms with E-state index >= 15 is 0 Å². The minimum Gasteiger partial charge on any atom is -0.497 e. The Morgan fingerprint density at radius 3 is 2.76 bits per heavy atom. The van der Waals surface area contributed by atoms with Gasteiger partial charge < -0.3 is 14.7 Å². The number of anilines is 1. The Balaban J connectivity index is 2.38. The molecule has 0 radical (unpaired) electrons. The zero-order chi connectivity index (χ0) is 12.4. The minimum atomic E-state index is -0.540. The van der Waals surface area contributed by atoms with Crippen LogP contribution in [0.2, 0.25) is 0 Å². The summed E-state index contributed by atoms with van der Waals surface area (Å²) in [5, 5.41) is 8.78. The van der Waals surface area contributed by atoms with E-state index in [0.717, 1.165) is 0 Å². The summed E-state index contributed by atoms with van der Waals surface area (Å²) in [6, 6.07) is 4.91. The van der Waals surface area contributed by atoms with E-state index in [0.29, 0.717) is 30.0 Å². The smallest absolute Gasteiger partial charge is 0.299 e. The van der Waals surface area contributed by atoms with E-state index in [1.807, 2.05) is 0 Å². The number of carbonyl (C=O) groups excluding carboxylic acids is 2. The van der Waals surface area contributed by atoms with Crippen molar-refractivity contribution in [3.05, 3.63) is 23.8 Å². The third kappa shape index (κ3) is 1.89. The highest BCUT2D eigenvalue weighted by Crippen LogP contribution is 2.32. The van der Waals surface area contributed by atoms with Crippen LogP contribution in [0.15, 0.2) is 18.2 Å². The van der Waals surface area contributed by atoms with Crippen LogP contribution in [0.25, 0.3) is 0 Å². The number of aliphatic hydroxyl groups excluding tert-OH is 1. The fourth-order valence-corrected chi connectivity index (χ4v) is 1.85. The fourth-order valence-electron chi connectivity index (χ4n) is 1.85. The van der Waals surface area contributed by atoms with Crippen molar-refractivity contribution in [1.82, 2.24) is 0 Å². The van der Waals surface area contributed by atoms with E-state index in [-0.39, 0.29) is 6.61 Å². The lowest BCUT2D eigenvalue weighted by molar-refractivity contribution is -0.114. The number of benzene rings is 1. The Morgan fingerprint density at radius 2 is 2.12 bits per heavy atom. The summed E-state index contributed by atoms with van der Waals surface area (Å²) in [6.07, 6.45) is 0.440.